The maximum Gasteiger partial charge on any atom is 0.225 e. The second kappa shape index (κ2) is 5.50. The van der Waals surface area contributed by atoms with Gasteiger partial charge in [-0.05, 0) is 13.5 Å². The maximum absolute atomic E-state index is 11.5. The van der Waals surface area contributed by atoms with Crippen LogP contribution < -0.4 is 10.6 Å². The summed E-state index contributed by atoms with van der Waals surface area (Å²) in [6, 6.07) is 0. The number of hydrogen-bond donors (Lipinski definition) is 2. The fourth-order valence-corrected chi connectivity index (χ4v) is 1.35. The van der Waals surface area contributed by atoms with Crippen LogP contribution in [0.5, 0.6) is 0 Å². The normalized spacial score (nSPS) is 10.3. The van der Waals surface area contributed by atoms with Crippen molar-refractivity contribution in [1.82, 2.24) is 15.1 Å². The molecule has 5 heteroatoms. The van der Waals surface area contributed by atoms with Gasteiger partial charge in [0.05, 0.1) is 11.4 Å². The molecule has 0 aromatic carbocycles. The fraction of sp³-hybridized carbons (Fsp3) is 0.600. The number of aryl methyl sites for hydroxylation is 2. The third kappa shape index (κ3) is 3.36. The van der Waals surface area contributed by atoms with E-state index in [0.717, 1.165) is 17.8 Å². The molecular formula is C10H18N4O. The molecule has 1 amide bonds. The Morgan fingerprint density at radius 1 is 1.60 bits per heavy atom. The molecule has 1 aromatic heterocycles. The van der Waals surface area contributed by atoms with E-state index in [1.54, 1.807) is 4.68 Å². The smallest absolute Gasteiger partial charge is 0.225 e. The summed E-state index contributed by atoms with van der Waals surface area (Å²) in [5.41, 5.74) is 1.75. The average molecular weight is 210 g/mol. The molecule has 1 aromatic rings. The lowest BCUT2D eigenvalue weighted by molar-refractivity contribution is -0.116. The first-order chi connectivity index (χ1) is 7.17. The first-order valence-corrected chi connectivity index (χ1v) is 5.14. The molecule has 5 nitrogen and oxygen atoms in total. The van der Waals surface area contributed by atoms with E-state index in [1.165, 1.54) is 0 Å². The first kappa shape index (κ1) is 11.7. The van der Waals surface area contributed by atoms with Crippen LogP contribution in [0.15, 0.2) is 6.20 Å². The third-order valence-corrected chi connectivity index (χ3v) is 2.12. The Hall–Kier alpha value is -1.36. The second-order valence-electron chi connectivity index (χ2n) is 3.42. The van der Waals surface area contributed by atoms with Crippen molar-refractivity contribution in [2.75, 3.05) is 18.9 Å². The maximum atomic E-state index is 11.5. The Bertz CT molecular complexity index is 332. The molecule has 2 N–H and O–H groups in total. The lowest BCUT2D eigenvalue weighted by Gasteiger charge is -2.03. The van der Waals surface area contributed by atoms with Gasteiger partial charge in [-0.2, -0.15) is 5.10 Å². The van der Waals surface area contributed by atoms with Gasteiger partial charge in [-0.25, -0.2) is 0 Å². The van der Waals surface area contributed by atoms with Gasteiger partial charge in [-0.3, -0.25) is 9.48 Å². The standard InChI is InChI=1S/C10H18N4O/c1-4-8-9(7-14(3)13-8)12-10(15)5-6-11-2/h7,11H,4-6H2,1-3H3,(H,12,15). The van der Waals surface area contributed by atoms with Crippen molar-refractivity contribution in [2.45, 2.75) is 19.8 Å². The highest BCUT2D eigenvalue weighted by Gasteiger charge is 2.08. The van der Waals surface area contributed by atoms with Crippen LogP contribution in [-0.2, 0) is 18.3 Å². The molecule has 0 radical (unpaired) electrons. The van der Waals surface area contributed by atoms with Crippen molar-refractivity contribution in [2.24, 2.45) is 7.05 Å². The molecule has 0 aliphatic heterocycles. The van der Waals surface area contributed by atoms with Gasteiger partial charge >= 0.3 is 0 Å². The van der Waals surface area contributed by atoms with Crippen molar-refractivity contribution in [1.29, 1.82) is 0 Å². The summed E-state index contributed by atoms with van der Waals surface area (Å²) in [6.45, 7) is 2.71. The topological polar surface area (TPSA) is 59.0 Å². The van der Waals surface area contributed by atoms with Gasteiger partial charge in [0.15, 0.2) is 0 Å². The highest BCUT2D eigenvalue weighted by atomic mass is 16.1. The lowest BCUT2D eigenvalue weighted by Crippen LogP contribution is -2.19. The molecule has 0 aliphatic carbocycles. The van der Waals surface area contributed by atoms with Gasteiger partial charge in [0.1, 0.15) is 0 Å². The molecule has 0 fully saturated rings. The van der Waals surface area contributed by atoms with E-state index >= 15 is 0 Å². The minimum atomic E-state index is 0.0204. The van der Waals surface area contributed by atoms with Crippen molar-refractivity contribution in [3.05, 3.63) is 11.9 Å². The number of hydrogen-bond acceptors (Lipinski definition) is 3. The summed E-state index contributed by atoms with van der Waals surface area (Å²) in [7, 11) is 3.68. The average Bonchev–Trinajstić information content (AvgIpc) is 2.55. The Morgan fingerprint density at radius 3 is 2.93 bits per heavy atom. The molecule has 1 heterocycles. The SMILES string of the molecule is CCc1nn(C)cc1NC(=O)CCNC. The number of nitrogens with one attached hydrogen (secondary N) is 2. The second-order valence-corrected chi connectivity index (χ2v) is 3.42. The lowest BCUT2D eigenvalue weighted by atomic mass is 10.3. The summed E-state index contributed by atoms with van der Waals surface area (Å²) in [6.07, 6.45) is 3.13. The number of anilines is 1. The first-order valence-electron chi connectivity index (χ1n) is 5.14. The van der Waals surface area contributed by atoms with Crippen LogP contribution in [0.25, 0.3) is 0 Å². The monoisotopic (exact) mass is 210 g/mol. The zero-order valence-electron chi connectivity index (χ0n) is 9.50. The summed E-state index contributed by atoms with van der Waals surface area (Å²) in [4.78, 5) is 11.5. The summed E-state index contributed by atoms with van der Waals surface area (Å²) >= 11 is 0. The van der Waals surface area contributed by atoms with Crippen LogP contribution in [0.3, 0.4) is 0 Å². The predicted molar refractivity (Wildman–Crippen MR) is 59.8 cm³/mol. The van der Waals surface area contributed by atoms with Gasteiger partial charge in [0, 0.05) is 26.2 Å². The van der Waals surface area contributed by atoms with Gasteiger partial charge in [-0.1, -0.05) is 6.92 Å². The quantitative estimate of drug-likeness (QED) is 0.745. The molecule has 0 aliphatic rings. The van der Waals surface area contributed by atoms with Gasteiger partial charge < -0.3 is 10.6 Å². The molecule has 0 spiro atoms. The molecule has 0 atom stereocenters. The molecular weight excluding hydrogens is 192 g/mol. The molecule has 0 saturated heterocycles. The van der Waals surface area contributed by atoms with E-state index in [2.05, 4.69) is 15.7 Å². The Labute approximate surface area is 89.9 Å². The van der Waals surface area contributed by atoms with E-state index in [0.29, 0.717) is 13.0 Å². The Morgan fingerprint density at radius 2 is 2.33 bits per heavy atom. The van der Waals surface area contributed by atoms with Crippen molar-refractivity contribution < 1.29 is 4.79 Å². The summed E-state index contributed by atoms with van der Waals surface area (Å²) < 4.78 is 1.71. The number of aromatic nitrogens is 2. The zero-order chi connectivity index (χ0) is 11.3. The van der Waals surface area contributed by atoms with Crippen LogP contribution in [0, 0.1) is 0 Å². The number of nitrogens with zero attached hydrogens (tertiary/aromatic N) is 2. The van der Waals surface area contributed by atoms with Crippen LogP contribution in [-0.4, -0.2) is 29.3 Å². The van der Waals surface area contributed by atoms with E-state index in [-0.39, 0.29) is 5.91 Å². The van der Waals surface area contributed by atoms with Gasteiger partial charge in [0.25, 0.3) is 0 Å². The number of carbonyl (C=O) groups excluding carboxylic acids is 1. The van der Waals surface area contributed by atoms with Crippen molar-refractivity contribution >= 4 is 11.6 Å². The predicted octanol–water partition coefficient (Wildman–Crippen LogP) is 0.530. The van der Waals surface area contributed by atoms with Crippen LogP contribution in [0.1, 0.15) is 19.0 Å². The number of rotatable bonds is 5. The van der Waals surface area contributed by atoms with Crippen molar-refractivity contribution in [3.8, 4) is 0 Å². The molecule has 0 bridgehead atoms. The van der Waals surface area contributed by atoms with Gasteiger partial charge in [-0.15, -0.1) is 0 Å². The van der Waals surface area contributed by atoms with Gasteiger partial charge in [0.2, 0.25) is 5.91 Å². The van der Waals surface area contributed by atoms with Crippen LogP contribution in [0.4, 0.5) is 5.69 Å². The largest absolute Gasteiger partial charge is 0.323 e. The number of carbonyl (C=O) groups is 1. The van der Waals surface area contributed by atoms with Crippen LogP contribution in [0.2, 0.25) is 0 Å². The summed E-state index contributed by atoms with van der Waals surface area (Å²) in [5, 5.41) is 10.0. The Kier molecular flexibility index (Phi) is 4.30. The highest BCUT2D eigenvalue weighted by Crippen LogP contribution is 2.13. The zero-order valence-corrected chi connectivity index (χ0v) is 9.50. The van der Waals surface area contributed by atoms with E-state index in [9.17, 15) is 4.79 Å². The molecule has 15 heavy (non-hydrogen) atoms. The fourth-order valence-electron chi connectivity index (χ4n) is 1.35. The third-order valence-electron chi connectivity index (χ3n) is 2.12. The van der Waals surface area contributed by atoms with E-state index in [4.69, 9.17) is 0 Å². The Balaban J connectivity index is 2.59. The molecule has 1 rings (SSSR count). The molecule has 0 saturated carbocycles. The highest BCUT2D eigenvalue weighted by molar-refractivity contribution is 5.91. The van der Waals surface area contributed by atoms with E-state index < -0.39 is 0 Å². The summed E-state index contributed by atoms with van der Waals surface area (Å²) in [5.74, 6) is 0.0204. The van der Waals surface area contributed by atoms with E-state index in [1.807, 2.05) is 27.2 Å². The number of amides is 1. The minimum absolute atomic E-state index is 0.0204. The van der Waals surface area contributed by atoms with Crippen molar-refractivity contribution in [3.63, 3.8) is 0 Å². The van der Waals surface area contributed by atoms with Crippen LogP contribution >= 0.6 is 0 Å². The minimum Gasteiger partial charge on any atom is -0.323 e. The molecule has 0 unspecified atom stereocenters. The molecule has 84 valence electrons.